The predicted molar refractivity (Wildman–Crippen MR) is 81.5 cm³/mol. The van der Waals surface area contributed by atoms with E-state index in [-0.39, 0.29) is 17.5 Å². The number of piperidine rings is 1. The first kappa shape index (κ1) is 17.6. The molecule has 5 heteroatoms. The van der Waals surface area contributed by atoms with Gasteiger partial charge in [0.15, 0.2) is 0 Å². The number of carbonyl (C=O) groups excluding carboxylic acids is 1. The maximum absolute atomic E-state index is 12.7. The minimum atomic E-state index is -0.318. The number of rotatable bonds is 2. The number of ether oxygens (including phenoxy) is 1. The smallest absolute Gasteiger partial charge is 0.293 e. The second-order valence-electron chi connectivity index (χ2n) is 6.14. The third-order valence-corrected chi connectivity index (χ3v) is 3.23. The van der Waals surface area contributed by atoms with Crippen LogP contribution >= 0.6 is 0 Å². The van der Waals surface area contributed by atoms with E-state index in [1.807, 2.05) is 32.9 Å². The van der Waals surface area contributed by atoms with Crippen molar-refractivity contribution >= 4 is 6.47 Å². The molecule has 0 radical (unpaired) electrons. The van der Waals surface area contributed by atoms with Crippen molar-refractivity contribution in [3.63, 3.8) is 0 Å². The lowest BCUT2D eigenvalue weighted by atomic mass is 9.87. The monoisotopic (exact) mass is 296 g/mol. The largest absolute Gasteiger partial charge is 0.462 e. The Balaban J connectivity index is 0.000000270. The van der Waals surface area contributed by atoms with Gasteiger partial charge in [0.25, 0.3) is 6.47 Å². The minimum absolute atomic E-state index is 0.147. The second kappa shape index (κ2) is 8.10. The van der Waals surface area contributed by atoms with Crippen LogP contribution < -0.4 is 11.1 Å². The number of nitrogens with one attached hydrogen (secondary N) is 1. The third kappa shape index (κ3) is 6.69. The molecule has 1 aromatic carbocycles. The van der Waals surface area contributed by atoms with Crippen molar-refractivity contribution in [1.29, 1.82) is 0 Å². The van der Waals surface area contributed by atoms with Gasteiger partial charge in [0, 0.05) is 18.5 Å². The van der Waals surface area contributed by atoms with Crippen LogP contribution in [0.2, 0.25) is 0 Å². The number of benzene rings is 1. The van der Waals surface area contributed by atoms with Gasteiger partial charge in [0.2, 0.25) is 0 Å². The lowest BCUT2D eigenvalue weighted by molar-refractivity contribution is -0.138. The second-order valence-corrected chi connectivity index (χ2v) is 6.14. The van der Waals surface area contributed by atoms with Gasteiger partial charge in [-0.2, -0.15) is 0 Å². The van der Waals surface area contributed by atoms with Crippen molar-refractivity contribution in [3.05, 3.63) is 35.6 Å². The maximum atomic E-state index is 12.7. The number of halogens is 1. The molecule has 1 fully saturated rings. The minimum Gasteiger partial charge on any atom is -0.462 e. The average Bonchev–Trinajstić information content (AvgIpc) is 2.40. The third-order valence-electron chi connectivity index (χ3n) is 3.23. The molecule has 1 heterocycles. The highest BCUT2D eigenvalue weighted by atomic mass is 19.1. The Bertz CT molecular complexity index is 429. The van der Waals surface area contributed by atoms with Gasteiger partial charge in [-0.25, -0.2) is 4.39 Å². The summed E-state index contributed by atoms with van der Waals surface area (Å²) in [7, 11) is 0. The molecular formula is C16H25FN2O2. The SMILES string of the molecule is CC(C)(C)OC=O.NC1CNCCC1c1ccc(F)cc1. The van der Waals surface area contributed by atoms with Gasteiger partial charge in [-0.1, -0.05) is 12.1 Å². The Kier molecular flexibility index (Phi) is 6.78. The molecule has 2 atom stereocenters. The van der Waals surface area contributed by atoms with E-state index in [1.54, 1.807) is 0 Å². The van der Waals surface area contributed by atoms with Crippen molar-refractivity contribution in [2.24, 2.45) is 5.73 Å². The lowest BCUT2D eigenvalue weighted by Gasteiger charge is -2.29. The van der Waals surface area contributed by atoms with Crippen molar-refractivity contribution < 1.29 is 13.9 Å². The van der Waals surface area contributed by atoms with Gasteiger partial charge in [-0.3, -0.25) is 4.79 Å². The summed E-state index contributed by atoms with van der Waals surface area (Å²) in [5.41, 5.74) is 6.83. The Morgan fingerprint density at radius 3 is 2.38 bits per heavy atom. The average molecular weight is 296 g/mol. The summed E-state index contributed by atoms with van der Waals surface area (Å²) in [5, 5.41) is 3.25. The standard InChI is InChI=1S/C11H15FN2.C5H10O2/c12-9-3-1-8(2-4-9)10-5-6-14-7-11(10)13;1-5(2,3)7-4-6/h1-4,10-11,14H,5-7,13H2;4H,1-3H3. The Labute approximate surface area is 125 Å². The van der Waals surface area contributed by atoms with Crippen molar-refractivity contribution in [2.75, 3.05) is 13.1 Å². The highest BCUT2D eigenvalue weighted by Gasteiger charge is 2.22. The van der Waals surface area contributed by atoms with Gasteiger partial charge in [0.1, 0.15) is 11.4 Å². The fourth-order valence-corrected chi connectivity index (χ4v) is 2.15. The van der Waals surface area contributed by atoms with Crippen LogP contribution in [0, 0.1) is 5.82 Å². The highest BCUT2D eigenvalue weighted by molar-refractivity contribution is 5.37. The molecule has 4 nitrogen and oxygen atoms in total. The molecule has 0 saturated carbocycles. The van der Waals surface area contributed by atoms with Crippen LogP contribution in [0.25, 0.3) is 0 Å². The fraction of sp³-hybridized carbons (Fsp3) is 0.562. The molecule has 3 N–H and O–H groups in total. The zero-order valence-corrected chi connectivity index (χ0v) is 12.9. The van der Waals surface area contributed by atoms with E-state index in [4.69, 9.17) is 5.73 Å². The molecule has 0 aliphatic carbocycles. The molecule has 0 amide bonds. The first-order valence-corrected chi connectivity index (χ1v) is 7.16. The fourth-order valence-electron chi connectivity index (χ4n) is 2.15. The molecular weight excluding hydrogens is 271 g/mol. The number of hydrogen-bond acceptors (Lipinski definition) is 4. The van der Waals surface area contributed by atoms with Crippen LogP contribution in [-0.2, 0) is 9.53 Å². The van der Waals surface area contributed by atoms with Gasteiger partial charge in [-0.05, 0) is 51.4 Å². The Morgan fingerprint density at radius 2 is 1.95 bits per heavy atom. The summed E-state index contributed by atoms with van der Waals surface area (Å²) in [6, 6.07) is 6.83. The lowest BCUT2D eigenvalue weighted by Crippen LogP contribution is -2.44. The number of hydrogen-bond donors (Lipinski definition) is 2. The van der Waals surface area contributed by atoms with Crippen LogP contribution in [0.3, 0.4) is 0 Å². The summed E-state index contributed by atoms with van der Waals surface area (Å²) in [6.45, 7) is 7.77. The number of carbonyl (C=O) groups is 1. The first-order chi connectivity index (χ1) is 9.83. The summed E-state index contributed by atoms with van der Waals surface area (Å²) in [6.07, 6.45) is 1.03. The predicted octanol–water partition coefficient (Wildman–Crippen LogP) is 2.19. The van der Waals surface area contributed by atoms with E-state index in [2.05, 4.69) is 10.1 Å². The molecule has 0 spiro atoms. The van der Waals surface area contributed by atoms with Gasteiger partial charge in [0.05, 0.1) is 0 Å². The summed E-state index contributed by atoms with van der Waals surface area (Å²) < 4.78 is 17.3. The van der Waals surface area contributed by atoms with E-state index < -0.39 is 0 Å². The van der Waals surface area contributed by atoms with E-state index >= 15 is 0 Å². The van der Waals surface area contributed by atoms with Crippen LogP contribution in [0.1, 0.15) is 38.7 Å². The van der Waals surface area contributed by atoms with Crippen LogP contribution in [0.5, 0.6) is 0 Å². The summed E-state index contributed by atoms with van der Waals surface area (Å²) in [4.78, 5) is 9.60. The van der Waals surface area contributed by atoms with Gasteiger partial charge in [-0.15, -0.1) is 0 Å². The first-order valence-electron chi connectivity index (χ1n) is 7.16. The Hall–Kier alpha value is -1.46. The summed E-state index contributed by atoms with van der Waals surface area (Å²) in [5.74, 6) is 0.188. The molecule has 1 aromatic rings. The molecule has 118 valence electrons. The maximum Gasteiger partial charge on any atom is 0.293 e. The van der Waals surface area contributed by atoms with E-state index in [0.29, 0.717) is 12.4 Å². The molecule has 2 rings (SSSR count). The molecule has 1 aliphatic heterocycles. The molecule has 2 unspecified atom stereocenters. The highest BCUT2D eigenvalue weighted by Crippen LogP contribution is 2.24. The molecule has 21 heavy (non-hydrogen) atoms. The van der Waals surface area contributed by atoms with E-state index in [1.165, 1.54) is 12.1 Å². The number of nitrogens with two attached hydrogens (primary N) is 1. The van der Waals surface area contributed by atoms with Gasteiger partial charge < -0.3 is 15.8 Å². The topological polar surface area (TPSA) is 64.3 Å². The quantitative estimate of drug-likeness (QED) is 0.821. The van der Waals surface area contributed by atoms with Crippen molar-refractivity contribution in [1.82, 2.24) is 5.32 Å². The van der Waals surface area contributed by atoms with Gasteiger partial charge >= 0.3 is 0 Å². The molecule has 0 bridgehead atoms. The molecule has 1 saturated heterocycles. The zero-order valence-electron chi connectivity index (χ0n) is 12.9. The Morgan fingerprint density at radius 1 is 1.33 bits per heavy atom. The molecule has 1 aliphatic rings. The zero-order chi connectivity index (χ0) is 15.9. The van der Waals surface area contributed by atoms with Crippen molar-refractivity contribution in [3.8, 4) is 0 Å². The van der Waals surface area contributed by atoms with Crippen LogP contribution in [0.4, 0.5) is 4.39 Å². The molecule has 0 aromatic heterocycles. The van der Waals surface area contributed by atoms with Crippen LogP contribution in [-0.4, -0.2) is 31.2 Å². The summed E-state index contributed by atoms with van der Waals surface area (Å²) >= 11 is 0. The van der Waals surface area contributed by atoms with Crippen LogP contribution in [0.15, 0.2) is 24.3 Å². The van der Waals surface area contributed by atoms with Crippen molar-refractivity contribution in [2.45, 2.75) is 44.8 Å². The normalized spacial score (nSPS) is 22.0. The van der Waals surface area contributed by atoms with E-state index in [0.717, 1.165) is 25.1 Å². The van der Waals surface area contributed by atoms with E-state index in [9.17, 15) is 9.18 Å².